The van der Waals surface area contributed by atoms with Gasteiger partial charge < -0.3 is 14.5 Å². The Kier molecular flexibility index (Phi) is 3.34. The minimum Gasteiger partial charge on any atom is -0.350 e. The molecule has 0 aromatic carbocycles. The van der Waals surface area contributed by atoms with Crippen LogP contribution in [0, 0.1) is 6.92 Å². The Balaban J connectivity index is 1.58. The van der Waals surface area contributed by atoms with Gasteiger partial charge in [-0.25, -0.2) is 4.98 Å². The number of aryl methyl sites for hydroxylation is 2. The molecule has 1 N–H and O–H groups in total. The van der Waals surface area contributed by atoms with Gasteiger partial charge in [-0.1, -0.05) is 0 Å². The van der Waals surface area contributed by atoms with Crippen LogP contribution in [0.1, 0.15) is 40.9 Å². The molecule has 1 aliphatic carbocycles. The van der Waals surface area contributed by atoms with Crippen LogP contribution in [0.15, 0.2) is 24.5 Å². The molecule has 2 aromatic rings. The third kappa shape index (κ3) is 2.48. The van der Waals surface area contributed by atoms with E-state index in [0.29, 0.717) is 18.3 Å². The van der Waals surface area contributed by atoms with Crippen molar-refractivity contribution < 1.29 is 4.79 Å². The van der Waals surface area contributed by atoms with Gasteiger partial charge in [0.05, 0.1) is 0 Å². The minimum absolute atomic E-state index is 0.0289. The van der Waals surface area contributed by atoms with Gasteiger partial charge in [0, 0.05) is 44.1 Å². The van der Waals surface area contributed by atoms with Gasteiger partial charge in [0.1, 0.15) is 11.5 Å². The molecule has 0 spiro atoms. The minimum atomic E-state index is -0.0289. The van der Waals surface area contributed by atoms with Gasteiger partial charge in [-0.2, -0.15) is 0 Å². The lowest BCUT2D eigenvalue weighted by Gasteiger charge is -2.09. The van der Waals surface area contributed by atoms with E-state index in [1.54, 1.807) is 0 Å². The van der Waals surface area contributed by atoms with Gasteiger partial charge in [0.15, 0.2) is 0 Å². The second-order valence-corrected chi connectivity index (χ2v) is 5.43. The molecule has 0 radical (unpaired) electrons. The molecule has 0 unspecified atom stereocenters. The fourth-order valence-corrected chi connectivity index (χ4v) is 2.59. The molecular formula is C15H20N4O. The number of nitrogens with one attached hydrogen (secondary N) is 1. The van der Waals surface area contributed by atoms with Crippen LogP contribution in [0.2, 0.25) is 0 Å². The molecule has 0 aliphatic heterocycles. The van der Waals surface area contributed by atoms with E-state index in [-0.39, 0.29) is 5.91 Å². The van der Waals surface area contributed by atoms with Crippen LogP contribution in [0.3, 0.4) is 0 Å². The Morgan fingerprint density at radius 3 is 2.95 bits per heavy atom. The van der Waals surface area contributed by atoms with Gasteiger partial charge in [-0.15, -0.1) is 0 Å². The molecule has 5 heteroatoms. The van der Waals surface area contributed by atoms with Gasteiger partial charge in [0.2, 0.25) is 0 Å². The normalized spacial score (nSPS) is 14.5. The summed E-state index contributed by atoms with van der Waals surface area (Å²) in [6, 6.07) is 4.33. The van der Waals surface area contributed by atoms with Crippen molar-refractivity contribution in [3.8, 4) is 0 Å². The molecule has 1 aliphatic rings. The highest BCUT2D eigenvalue weighted by Gasteiger charge is 2.26. The summed E-state index contributed by atoms with van der Waals surface area (Å²) in [6.07, 6.45) is 7.07. The number of nitrogens with zero attached hydrogens (tertiary/aromatic N) is 3. The first kappa shape index (κ1) is 13.0. The van der Waals surface area contributed by atoms with Crippen molar-refractivity contribution in [3.05, 3.63) is 41.7 Å². The number of rotatable bonds is 5. The van der Waals surface area contributed by atoms with Crippen molar-refractivity contribution in [3.63, 3.8) is 0 Å². The Bertz CT molecular complexity index is 622. The van der Waals surface area contributed by atoms with Crippen LogP contribution < -0.4 is 5.32 Å². The van der Waals surface area contributed by atoms with Crippen molar-refractivity contribution in [1.82, 2.24) is 19.4 Å². The van der Waals surface area contributed by atoms with E-state index in [0.717, 1.165) is 12.2 Å². The quantitative estimate of drug-likeness (QED) is 0.903. The number of aromatic nitrogens is 3. The molecule has 5 nitrogen and oxygen atoms in total. The highest BCUT2D eigenvalue weighted by Crippen LogP contribution is 2.36. The summed E-state index contributed by atoms with van der Waals surface area (Å²) in [5.41, 5.74) is 1.91. The highest BCUT2D eigenvalue weighted by molar-refractivity contribution is 5.92. The molecule has 1 saturated carbocycles. The maximum Gasteiger partial charge on any atom is 0.267 e. The molecule has 2 aromatic heterocycles. The SMILES string of the molecule is Cc1cnc(CCNC(=O)c2cccn2C)n1C1CC1. The van der Waals surface area contributed by atoms with Gasteiger partial charge in [-0.3, -0.25) is 4.79 Å². The van der Waals surface area contributed by atoms with Crippen molar-refractivity contribution in [2.45, 2.75) is 32.2 Å². The summed E-state index contributed by atoms with van der Waals surface area (Å²) in [5.74, 6) is 1.05. The molecule has 20 heavy (non-hydrogen) atoms. The lowest BCUT2D eigenvalue weighted by molar-refractivity contribution is 0.0946. The topological polar surface area (TPSA) is 51.9 Å². The van der Waals surface area contributed by atoms with E-state index in [1.165, 1.54) is 18.5 Å². The fraction of sp³-hybridized carbons (Fsp3) is 0.467. The van der Waals surface area contributed by atoms with Crippen LogP contribution in [0.5, 0.6) is 0 Å². The van der Waals surface area contributed by atoms with Crippen LogP contribution in [0.4, 0.5) is 0 Å². The summed E-state index contributed by atoms with van der Waals surface area (Å²) < 4.78 is 4.14. The summed E-state index contributed by atoms with van der Waals surface area (Å²) in [4.78, 5) is 16.5. The highest BCUT2D eigenvalue weighted by atomic mass is 16.1. The third-order valence-corrected chi connectivity index (χ3v) is 3.78. The first-order valence-corrected chi connectivity index (χ1v) is 7.09. The van der Waals surface area contributed by atoms with Crippen LogP contribution in [-0.2, 0) is 13.5 Å². The van der Waals surface area contributed by atoms with Crippen molar-refractivity contribution >= 4 is 5.91 Å². The zero-order chi connectivity index (χ0) is 14.1. The number of hydrogen-bond acceptors (Lipinski definition) is 2. The maximum atomic E-state index is 12.0. The van der Waals surface area contributed by atoms with E-state index < -0.39 is 0 Å². The van der Waals surface area contributed by atoms with Gasteiger partial charge in [0.25, 0.3) is 5.91 Å². The maximum absolute atomic E-state index is 12.0. The Morgan fingerprint density at radius 1 is 1.50 bits per heavy atom. The summed E-state index contributed by atoms with van der Waals surface area (Å²) in [5, 5.41) is 2.96. The molecule has 0 saturated heterocycles. The van der Waals surface area contributed by atoms with E-state index in [2.05, 4.69) is 21.8 Å². The van der Waals surface area contributed by atoms with Crippen LogP contribution >= 0.6 is 0 Å². The average molecular weight is 272 g/mol. The van der Waals surface area contributed by atoms with Crippen molar-refractivity contribution in [2.24, 2.45) is 7.05 Å². The van der Waals surface area contributed by atoms with E-state index in [4.69, 9.17) is 0 Å². The number of carbonyl (C=O) groups is 1. The molecule has 0 atom stereocenters. The van der Waals surface area contributed by atoms with E-state index >= 15 is 0 Å². The van der Waals surface area contributed by atoms with Crippen LogP contribution in [0.25, 0.3) is 0 Å². The van der Waals surface area contributed by atoms with E-state index in [9.17, 15) is 4.79 Å². The smallest absolute Gasteiger partial charge is 0.267 e. The fourth-order valence-electron chi connectivity index (χ4n) is 2.59. The van der Waals surface area contributed by atoms with Gasteiger partial charge in [-0.05, 0) is 31.9 Å². The molecule has 106 valence electrons. The monoisotopic (exact) mass is 272 g/mol. The summed E-state index contributed by atoms with van der Waals surface area (Å²) in [6.45, 7) is 2.71. The first-order chi connectivity index (χ1) is 9.66. The number of imidazole rings is 1. The molecular weight excluding hydrogens is 252 g/mol. The third-order valence-electron chi connectivity index (χ3n) is 3.78. The summed E-state index contributed by atoms with van der Waals surface area (Å²) in [7, 11) is 1.87. The lowest BCUT2D eigenvalue weighted by Crippen LogP contribution is -2.28. The largest absolute Gasteiger partial charge is 0.350 e. The number of carbonyl (C=O) groups excluding carboxylic acids is 1. The van der Waals surface area contributed by atoms with Gasteiger partial charge >= 0.3 is 0 Å². The molecule has 1 amide bonds. The predicted molar refractivity (Wildman–Crippen MR) is 76.7 cm³/mol. The van der Waals surface area contributed by atoms with Crippen molar-refractivity contribution in [1.29, 1.82) is 0 Å². The van der Waals surface area contributed by atoms with Crippen molar-refractivity contribution in [2.75, 3.05) is 6.54 Å². The number of hydrogen-bond donors (Lipinski definition) is 1. The Morgan fingerprint density at radius 2 is 2.30 bits per heavy atom. The van der Waals surface area contributed by atoms with Crippen LogP contribution in [-0.4, -0.2) is 26.6 Å². The predicted octanol–water partition coefficient (Wildman–Crippen LogP) is 1.84. The number of amides is 1. The second kappa shape index (κ2) is 5.15. The first-order valence-electron chi connectivity index (χ1n) is 7.09. The van der Waals surface area contributed by atoms with E-state index in [1.807, 2.05) is 36.1 Å². The lowest BCUT2D eigenvalue weighted by atomic mass is 10.3. The Labute approximate surface area is 118 Å². The average Bonchev–Trinajstić information content (AvgIpc) is 3.06. The molecule has 3 rings (SSSR count). The zero-order valence-corrected chi connectivity index (χ0v) is 12.0. The molecule has 2 heterocycles. The molecule has 0 bridgehead atoms. The Hall–Kier alpha value is -2.04. The molecule has 1 fully saturated rings. The zero-order valence-electron chi connectivity index (χ0n) is 12.0. The standard InChI is InChI=1S/C15H20N4O/c1-11-10-17-14(19(11)12-5-6-12)7-8-16-15(20)13-4-3-9-18(13)2/h3-4,9-10,12H,5-8H2,1-2H3,(H,16,20). The second-order valence-electron chi connectivity index (χ2n) is 5.43. The summed E-state index contributed by atoms with van der Waals surface area (Å²) >= 11 is 0.